The number of halogens is 1. The van der Waals surface area contributed by atoms with Gasteiger partial charge in [0.2, 0.25) is 0 Å². The minimum atomic E-state index is -0.603. The maximum Gasteiger partial charge on any atom is 0.184 e. The third-order valence-electron chi connectivity index (χ3n) is 1.92. The van der Waals surface area contributed by atoms with E-state index in [0.29, 0.717) is 13.2 Å². The molecular weight excluding hydrogens is 152 g/mol. The Morgan fingerprint density at radius 3 is 1.90 bits per heavy atom. The molecule has 3 heteroatoms. The summed E-state index contributed by atoms with van der Waals surface area (Å²) in [5, 5.41) is 0. The molecule has 1 heterocycles. The van der Waals surface area contributed by atoms with E-state index in [1.54, 1.807) is 0 Å². The fourth-order valence-electron chi connectivity index (χ4n) is 0.858. The van der Waals surface area contributed by atoms with Crippen molar-refractivity contribution in [3.63, 3.8) is 0 Å². The number of rotatable bonds is 1. The van der Waals surface area contributed by atoms with Gasteiger partial charge in [0.1, 0.15) is 0 Å². The molecule has 0 bridgehead atoms. The Balaban J connectivity index is 2.67. The highest BCUT2D eigenvalue weighted by Gasteiger charge is 2.44. The fraction of sp³-hybridized carbons (Fsp3) is 1.00. The number of hydrogen-bond donors (Lipinski definition) is 0. The molecule has 1 saturated heterocycles. The lowest BCUT2D eigenvalue weighted by Crippen LogP contribution is -2.44. The third kappa shape index (κ3) is 1.29. The second kappa shape index (κ2) is 2.36. The zero-order valence-corrected chi connectivity index (χ0v) is 7.36. The van der Waals surface area contributed by atoms with Crippen molar-refractivity contribution in [2.75, 3.05) is 13.2 Å². The van der Waals surface area contributed by atoms with E-state index < -0.39 is 10.7 Å². The highest BCUT2D eigenvalue weighted by Crippen LogP contribution is 2.35. The van der Waals surface area contributed by atoms with Crippen molar-refractivity contribution < 1.29 is 9.47 Å². The molecule has 0 atom stereocenters. The predicted octanol–water partition coefficient (Wildman–Crippen LogP) is 1.77. The summed E-state index contributed by atoms with van der Waals surface area (Å²) < 4.78 is 10.7. The second-order valence-corrected chi connectivity index (χ2v) is 4.06. The molecule has 0 radical (unpaired) electrons. The lowest BCUT2D eigenvalue weighted by molar-refractivity contribution is -0.162. The largest absolute Gasteiger partial charge is 0.346 e. The highest BCUT2D eigenvalue weighted by atomic mass is 35.5. The summed E-state index contributed by atoms with van der Waals surface area (Å²) in [4.78, 5) is -0.455. The molecule has 1 fully saturated rings. The summed E-state index contributed by atoms with van der Waals surface area (Å²) in [6.07, 6.45) is 0. The maximum absolute atomic E-state index is 6.03. The summed E-state index contributed by atoms with van der Waals surface area (Å²) in [6.45, 7) is 6.94. The van der Waals surface area contributed by atoms with Gasteiger partial charge in [0.25, 0.3) is 0 Å². The van der Waals surface area contributed by atoms with Crippen LogP contribution in [0.2, 0.25) is 0 Å². The Morgan fingerprint density at radius 2 is 1.70 bits per heavy atom. The van der Waals surface area contributed by atoms with Crippen LogP contribution in [0.3, 0.4) is 0 Å². The number of alkyl halides is 1. The minimum Gasteiger partial charge on any atom is -0.346 e. The van der Waals surface area contributed by atoms with Crippen LogP contribution in [-0.2, 0) is 9.47 Å². The Bertz CT molecular complexity index is 122. The van der Waals surface area contributed by atoms with Gasteiger partial charge in [-0.3, -0.25) is 0 Å². The van der Waals surface area contributed by atoms with Crippen LogP contribution in [-0.4, -0.2) is 23.9 Å². The van der Waals surface area contributed by atoms with Gasteiger partial charge in [-0.1, -0.05) is 0 Å². The van der Waals surface area contributed by atoms with E-state index in [1.165, 1.54) is 0 Å². The maximum atomic E-state index is 6.03. The van der Waals surface area contributed by atoms with E-state index in [1.807, 2.05) is 20.8 Å². The normalized spacial score (nSPS) is 25.2. The second-order valence-electron chi connectivity index (χ2n) is 3.12. The van der Waals surface area contributed by atoms with Gasteiger partial charge in [-0.15, -0.1) is 11.6 Å². The van der Waals surface area contributed by atoms with Crippen LogP contribution in [0.5, 0.6) is 0 Å². The van der Waals surface area contributed by atoms with Crippen molar-refractivity contribution in [2.24, 2.45) is 0 Å². The number of hydrogen-bond acceptors (Lipinski definition) is 2. The van der Waals surface area contributed by atoms with Crippen molar-refractivity contribution in [3.8, 4) is 0 Å². The van der Waals surface area contributed by atoms with Gasteiger partial charge < -0.3 is 9.47 Å². The van der Waals surface area contributed by atoms with Gasteiger partial charge in [0, 0.05) is 0 Å². The molecule has 0 aromatic carbocycles. The summed E-state index contributed by atoms with van der Waals surface area (Å²) >= 11 is 6.03. The van der Waals surface area contributed by atoms with E-state index in [2.05, 4.69) is 0 Å². The Hall–Kier alpha value is 0.210. The van der Waals surface area contributed by atoms with Crippen molar-refractivity contribution in [2.45, 2.75) is 31.4 Å². The van der Waals surface area contributed by atoms with Gasteiger partial charge in [-0.05, 0) is 20.8 Å². The predicted molar refractivity (Wildman–Crippen MR) is 40.2 cm³/mol. The first-order valence-electron chi connectivity index (χ1n) is 3.42. The molecule has 1 aliphatic rings. The lowest BCUT2D eigenvalue weighted by Gasteiger charge is -2.33. The van der Waals surface area contributed by atoms with Crippen LogP contribution in [0.25, 0.3) is 0 Å². The molecule has 1 aliphatic heterocycles. The summed E-state index contributed by atoms with van der Waals surface area (Å²) in [5.74, 6) is -0.603. The van der Waals surface area contributed by atoms with E-state index in [9.17, 15) is 0 Å². The first-order valence-corrected chi connectivity index (χ1v) is 3.80. The Morgan fingerprint density at radius 1 is 1.30 bits per heavy atom. The van der Waals surface area contributed by atoms with Gasteiger partial charge in [-0.25, -0.2) is 0 Å². The molecule has 0 aromatic rings. The van der Waals surface area contributed by atoms with Crippen LogP contribution < -0.4 is 0 Å². The average molecular weight is 165 g/mol. The van der Waals surface area contributed by atoms with Gasteiger partial charge in [-0.2, -0.15) is 0 Å². The van der Waals surface area contributed by atoms with Crippen LogP contribution in [0.15, 0.2) is 0 Å². The van der Waals surface area contributed by atoms with E-state index in [4.69, 9.17) is 21.1 Å². The van der Waals surface area contributed by atoms with E-state index in [0.717, 1.165) is 0 Å². The van der Waals surface area contributed by atoms with Crippen molar-refractivity contribution in [3.05, 3.63) is 0 Å². The topological polar surface area (TPSA) is 18.5 Å². The van der Waals surface area contributed by atoms with Crippen LogP contribution in [0.4, 0.5) is 0 Å². The van der Waals surface area contributed by atoms with Crippen molar-refractivity contribution >= 4 is 11.6 Å². The molecule has 0 aromatic heterocycles. The van der Waals surface area contributed by atoms with Crippen molar-refractivity contribution in [1.29, 1.82) is 0 Å². The SMILES string of the molecule is CC(C)(Cl)C1(C)OCCO1. The molecule has 10 heavy (non-hydrogen) atoms. The Kier molecular flexibility index (Phi) is 1.96. The highest BCUT2D eigenvalue weighted by molar-refractivity contribution is 6.24. The molecule has 1 rings (SSSR count). The molecule has 2 nitrogen and oxygen atoms in total. The van der Waals surface area contributed by atoms with E-state index in [-0.39, 0.29) is 0 Å². The summed E-state index contributed by atoms with van der Waals surface area (Å²) in [5.41, 5.74) is 0. The molecule has 0 amide bonds. The molecule has 0 spiro atoms. The van der Waals surface area contributed by atoms with E-state index >= 15 is 0 Å². The van der Waals surface area contributed by atoms with Crippen molar-refractivity contribution in [1.82, 2.24) is 0 Å². The third-order valence-corrected chi connectivity index (χ3v) is 2.26. The molecule has 60 valence electrons. The average Bonchev–Trinajstić information content (AvgIpc) is 2.13. The number of ether oxygens (including phenoxy) is 2. The fourth-order valence-corrected chi connectivity index (χ4v) is 0.967. The first-order chi connectivity index (χ1) is 4.46. The molecular formula is C7H13ClO2. The first kappa shape index (κ1) is 8.31. The van der Waals surface area contributed by atoms with Gasteiger partial charge in [0.15, 0.2) is 5.79 Å². The lowest BCUT2D eigenvalue weighted by atomic mass is 10.0. The molecule has 0 unspecified atom stereocenters. The molecule has 0 aliphatic carbocycles. The van der Waals surface area contributed by atoms with Gasteiger partial charge >= 0.3 is 0 Å². The summed E-state index contributed by atoms with van der Waals surface area (Å²) in [6, 6.07) is 0. The zero-order valence-electron chi connectivity index (χ0n) is 6.61. The van der Waals surface area contributed by atoms with Crippen LogP contribution in [0.1, 0.15) is 20.8 Å². The standard InChI is InChI=1S/C7H13ClO2/c1-6(2,8)7(3)9-4-5-10-7/h4-5H2,1-3H3. The quantitative estimate of drug-likeness (QED) is 0.550. The monoisotopic (exact) mass is 164 g/mol. The molecule has 0 saturated carbocycles. The minimum absolute atomic E-state index is 0.455. The summed E-state index contributed by atoms with van der Waals surface area (Å²) in [7, 11) is 0. The van der Waals surface area contributed by atoms with Crippen LogP contribution in [0, 0.1) is 0 Å². The zero-order chi connectivity index (χ0) is 7.83. The van der Waals surface area contributed by atoms with Crippen LogP contribution >= 0.6 is 11.6 Å². The molecule has 0 N–H and O–H groups in total. The Labute approximate surface area is 66.5 Å². The van der Waals surface area contributed by atoms with Gasteiger partial charge in [0.05, 0.1) is 18.1 Å². The smallest absolute Gasteiger partial charge is 0.184 e.